The predicted molar refractivity (Wildman–Crippen MR) is 271 cm³/mol. The smallest absolute Gasteiger partial charge is 0.243 e. The zero-order chi connectivity index (χ0) is 53.9. The molecule has 3 rings (SSSR count). The van der Waals surface area contributed by atoms with Crippen LogP contribution in [0.25, 0.3) is 10.9 Å². The maximum absolute atomic E-state index is 14.4. The van der Waals surface area contributed by atoms with E-state index in [0.717, 1.165) is 10.9 Å². The summed E-state index contributed by atoms with van der Waals surface area (Å²) in [6, 6.07) is 8.23. The molecule has 0 saturated heterocycles. The van der Waals surface area contributed by atoms with Gasteiger partial charge in [0.25, 0.3) is 0 Å². The minimum atomic E-state index is -1.34. The number of para-hydroxylation sites is 1. The molecule has 1 aromatic heterocycles. The Morgan fingerprint density at radius 1 is 0.644 bits per heavy atom. The summed E-state index contributed by atoms with van der Waals surface area (Å²) in [6.07, 6.45) is 2.63. The van der Waals surface area contributed by atoms with Crippen LogP contribution in [0, 0.1) is 0 Å². The molecular weight excluding hydrogens is 947 g/mol. The molecule has 73 heavy (non-hydrogen) atoms. The second-order valence-electron chi connectivity index (χ2n) is 17.5. The van der Waals surface area contributed by atoms with E-state index in [2.05, 4.69) is 52.5 Å². The third kappa shape index (κ3) is 21.8. The third-order valence-corrected chi connectivity index (χ3v) is 11.4. The molecule has 1 heterocycles. The topological polar surface area (TPSA) is 425 Å². The first-order valence-electron chi connectivity index (χ1n) is 24.0. The van der Waals surface area contributed by atoms with Gasteiger partial charge in [-0.1, -0.05) is 48.5 Å². The van der Waals surface area contributed by atoms with Crippen molar-refractivity contribution in [3.05, 3.63) is 71.9 Å². The fraction of sp³-hybridized carbons (Fsp3) is 0.479. The average Bonchev–Trinajstić information content (AvgIpc) is 3.74. The van der Waals surface area contributed by atoms with Crippen LogP contribution in [-0.2, 0) is 60.8 Å². The number of carbonyl (C=O) groups excluding carboxylic acids is 10. The highest BCUT2D eigenvalue weighted by Gasteiger charge is 2.33. The van der Waals surface area contributed by atoms with Crippen molar-refractivity contribution in [1.82, 2.24) is 47.5 Å². The minimum absolute atomic E-state index is 0.00716. The summed E-state index contributed by atoms with van der Waals surface area (Å²) in [5.74, 6) is -6.17. The van der Waals surface area contributed by atoms with E-state index in [1.165, 1.54) is 6.92 Å². The van der Waals surface area contributed by atoms with Crippen LogP contribution in [0.1, 0.15) is 82.8 Å². The molecule has 0 aliphatic heterocycles. The second-order valence-corrected chi connectivity index (χ2v) is 17.5. The fourth-order valence-corrected chi connectivity index (χ4v) is 7.72. The Bertz CT molecular complexity index is 2380. The van der Waals surface area contributed by atoms with Gasteiger partial charge in [0.2, 0.25) is 59.6 Å². The molecule has 0 unspecified atom stereocenters. The Labute approximate surface area is 422 Å². The Morgan fingerprint density at radius 2 is 1.22 bits per heavy atom. The van der Waals surface area contributed by atoms with E-state index in [4.69, 9.17) is 28.7 Å². The van der Waals surface area contributed by atoms with E-state index in [-0.39, 0.29) is 83.4 Å². The molecule has 3 aromatic rings. The largest absolute Gasteiger partial charge is 0.370 e. The summed E-state index contributed by atoms with van der Waals surface area (Å²) < 4.78 is 0. The lowest BCUT2D eigenvalue weighted by Gasteiger charge is -2.27. The van der Waals surface area contributed by atoms with Crippen LogP contribution >= 0.6 is 0 Å². The van der Waals surface area contributed by atoms with Crippen LogP contribution in [0.3, 0.4) is 0 Å². The summed E-state index contributed by atoms with van der Waals surface area (Å²) in [5.41, 5.74) is 29.8. The third-order valence-electron chi connectivity index (χ3n) is 11.4. The lowest BCUT2D eigenvalue weighted by molar-refractivity contribution is -0.134. The molecule has 0 aliphatic carbocycles. The van der Waals surface area contributed by atoms with Gasteiger partial charge in [-0.25, -0.2) is 0 Å². The van der Waals surface area contributed by atoms with E-state index in [0.29, 0.717) is 30.4 Å². The number of carbonyl (C=O) groups is 10. The molecule has 0 bridgehead atoms. The first kappa shape index (κ1) is 59.2. The quantitative estimate of drug-likeness (QED) is 0.0122. The highest BCUT2D eigenvalue weighted by molar-refractivity contribution is 5.97. The maximum Gasteiger partial charge on any atom is 0.243 e. The molecule has 398 valence electrons. The van der Waals surface area contributed by atoms with Crippen molar-refractivity contribution in [2.75, 3.05) is 19.6 Å². The summed E-state index contributed by atoms with van der Waals surface area (Å²) in [4.78, 5) is 136. The zero-order valence-corrected chi connectivity index (χ0v) is 41.2. The maximum atomic E-state index is 14.4. The number of hydrogen-bond donors (Lipinski definition) is 14. The van der Waals surface area contributed by atoms with Gasteiger partial charge in [0.05, 0.1) is 0 Å². The van der Waals surface area contributed by atoms with Gasteiger partial charge >= 0.3 is 0 Å². The van der Waals surface area contributed by atoms with Crippen molar-refractivity contribution in [3.63, 3.8) is 0 Å². The van der Waals surface area contributed by atoms with Crippen molar-refractivity contribution >= 4 is 76.4 Å². The number of guanidine groups is 1. The van der Waals surface area contributed by atoms with Crippen LogP contribution < -0.4 is 71.2 Å². The molecule has 2 aromatic carbocycles. The van der Waals surface area contributed by atoms with Gasteiger partial charge in [-0.3, -0.25) is 52.9 Å². The van der Waals surface area contributed by atoms with Crippen molar-refractivity contribution < 1.29 is 47.9 Å². The SMILES string of the molecule is CC(=O)N[C@@H](CCC(N)=O)C(=O)N[C@H](C)CC(=O)NCCCC[C@H](NC(=O)[C@H](Cc1c[nH]c2ccccc12)NC(=O)[C@H](CCCN=C(N)N)NC(=O)[C@@H](Cc1ccccc1)NC(=O)[C@H](CCN)NC=O)C(N)=O. The van der Waals surface area contributed by atoms with Gasteiger partial charge in [-0.2, -0.15) is 0 Å². The molecule has 19 N–H and O–H groups in total. The van der Waals surface area contributed by atoms with Gasteiger partial charge in [0.15, 0.2) is 5.96 Å². The number of aliphatic imine (C=N–C) groups is 1. The van der Waals surface area contributed by atoms with E-state index < -0.39 is 95.5 Å². The van der Waals surface area contributed by atoms with Gasteiger partial charge in [-0.05, 0) is 75.6 Å². The number of primary amides is 2. The Balaban J connectivity index is 1.78. The van der Waals surface area contributed by atoms with Crippen LogP contribution in [-0.4, -0.2) is 132 Å². The van der Waals surface area contributed by atoms with Gasteiger partial charge < -0.3 is 76.2 Å². The van der Waals surface area contributed by atoms with E-state index >= 15 is 0 Å². The summed E-state index contributed by atoms with van der Waals surface area (Å²) in [6.45, 7) is 3.12. The number of rotatable bonds is 34. The normalized spacial score (nSPS) is 13.7. The lowest BCUT2D eigenvalue weighted by atomic mass is 10.0. The van der Waals surface area contributed by atoms with Crippen LogP contribution in [0.15, 0.2) is 65.8 Å². The van der Waals surface area contributed by atoms with Crippen LogP contribution in [0.2, 0.25) is 0 Å². The number of nitrogens with two attached hydrogens (primary N) is 5. The number of nitrogens with zero attached hydrogens (tertiary/aromatic N) is 1. The summed E-state index contributed by atoms with van der Waals surface area (Å²) in [7, 11) is 0. The molecule has 0 spiro atoms. The Morgan fingerprint density at radius 3 is 1.85 bits per heavy atom. The van der Waals surface area contributed by atoms with Crippen LogP contribution in [0.4, 0.5) is 0 Å². The van der Waals surface area contributed by atoms with Gasteiger partial charge in [-0.15, -0.1) is 0 Å². The number of hydrogen-bond acceptors (Lipinski definition) is 12. The minimum Gasteiger partial charge on any atom is -0.370 e. The lowest BCUT2D eigenvalue weighted by Crippen LogP contribution is -2.59. The molecule has 10 amide bonds. The first-order chi connectivity index (χ1) is 34.8. The highest BCUT2D eigenvalue weighted by Crippen LogP contribution is 2.20. The highest BCUT2D eigenvalue weighted by atomic mass is 16.2. The van der Waals surface area contributed by atoms with E-state index in [9.17, 15) is 47.9 Å². The van der Waals surface area contributed by atoms with E-state index in [1.54, 1.807) is 49.5 Å². The number of fused-ring (bicyclic) bond motifs is 1. The number of H-pyrrole nitrogens is 1. The number of nitrogens with one attached hydrogen (secondary N) is 9. The standard InChI is InChI=1S/C48H71N15O10/c1-28(58-44(70)37(59-29(2)65)17-18-40(50)66)23-41(67)54-21-9-8-15-34(42(51)68)60-47(73)39(25-31-26-56-33-14-7-6-13-32(31)33)63-45(71)36(16-10-22-55-48(52)53)61-46(72)38(24-30-11-4-3-5-12-30)62-43(69)35(19-20-49)57-27-64/h3-7,11-14,26-28,34-39,56H,8-10,15-25,49H2,1-2H3,(H2,50,66)(H2,51,68)(H,54,67)(H,57,64)(H,58,70)(H,59,65)(H,60,73)(H,61,72)(H,62,69)(H,63,71)(H4,52,53,55)/t28-,34+,35+,36+,37+,38-,39+/m1/s1. The first-order valence-corrected chi connectivity index (χ1v) is 24.0. The molecule has 7 atom stereocenters. The number of aromatic nitrogens is 1. The summed E-state index contributed by atoms with van der Waals surface area (Å²) in [5, 5.41) is 21.8. The number of aromatic amines is 1. The van der Waals surface area contributed by atoms with Crippen molar-refractivity contribution in [3.8, 4) is 0 Å². The monoisotopic (exact) mass is 1020 g/mol. The average molecular weight is 1020 g/mol. The van der Waals surface area contributed by atoms with Gasteiger partial charge in [0, 0.05) is 68.8 Å². The summed E-state index contributed by atoms with van der Waals surface area (Å²) >= 11 is 0. The zero-order valence-electron chi connectivity index (χ0n) is 41.2. The number of benzene rings is 2. The van der Waals surface area contributed by atoms with Crippen molar-refractivity contribution in [1.29, 1.82) is 0 Å². The molecule has 0 aliphatic rings. The van der Waals surface area contributed by atoms with Gasteiger partial charge in [0.1, 0.15) is 36.3 Å². The Kier molecular flexibility index (Phi) is 25.4. The molecule has 25 nitrogen and oxygen atoms in total. The molecule has 25 heteroatoms. The van der Waals surface area contributed by atoms with Crippen molar-refractivity contribution in [2.24, 2.45) is 33.7 Å². The Hall–Kier alpha value is -8.09. The molecule has 0 radical (unpaired) electrons. The number of amides is 10. The second kappa shape index (κ2) is 31.3. The molecule has 0 fully saturated rings. The fourth-order valence-electron chi connectivity index (χ4n) is 7.72. The predicted octanol–water partition coefficient (Wildman–Crippen LogP) is -3.15. The van der Waals surface area contributed by atoms with Crippen LogP contribution in [0.5, 0.6) is 0 Å². The molecule has 0 saturated carbocycles. The van der Waals surface area contributed by atoms with Crippen molar-refractivity contribution in [2.45, 2.75) is 127 Å². The van der Waals surface area contributed by atoms with E-state index in [1.807, 2.05) is 18.2 Å². The molecular formula is C48H71N15O10. The number of unbranched alkanes of at least 4 members (excludes halogenated alkanes) is 1.